The Balaban J connectivity index is 2.20. The van der Waals surface area contributed by atoms with Crippen LogP contribution in [-0.2, 0) is 16.0 Å². The first-order chi connectivity index (χ1) is 10.9. The molecule has 0 radical (unpaired) electrons. The summed E-state index contributed by atoms with van der Waals surface area (Å²) in [6.07, 6.45) is 0.230. The van der Waals surface area contributed by atoms with Crippen molar-refractivity contribution in [3.8, 4) is 5.75 Å². The molecule has 0 saturated heterocycles. The van der Waals surface area contributed by atoms with Crippen molar-refractivity contribution in [1.82, 2.24) is 4.90 Å². The number of carbonyl (C=O) groups excluding carboxylic acids is 1. The standard InChI is InChI=1S/C18H21NO4/c1-12(18(21)22)11-19(2)17(20)9-14-6-4-5-13-7-8-15(23-3)10-16(13)14/h4-8,10,12H,9,11H2,1-3H3,(H,21,22). The number of hydrogen-bond acceptors (Lipinski definition) is 3. The Morgan fingerprint density at radius 1 is 1.26 bits per heavy atom. The molecule has 2 rings (SSSR count). The van der Waals surface area contributed by atoms with Gasteiger partial charge in [0.15, 0.2) is 0 Å². The third kappa shape index (κ3) is 4.00. The molecule has 1 amide bonds. The van der Waals surface area contributed by atoms with Gasteiger partial charge in [0.2, 0.25) is 5.91 Å². The second-order valence-corrected chi connectivity index (χ2v) is 5.69. The second kappa shape index (κ2) is 7.13. The van der Waals surface area contributed by atoms with E-state index >= 15 is 0 Å². The molecule has 1 unspecified atom stereocenters. The maximum absolute atomic E-state index is 12.4. The van der Waals surface area contributed by atoms with Gasteiger partial charge in [-0.25, -0.2) is 0 Å². The predicted octanol–water partition coefficient (Wildman–Crippen LogP) is 2.57. The van der Waals surface area contributed by atoms with Gasteiger partial charge in [0.1, 0.15) is 5.75 Å². The Morgan fingerprint density at radius 3 is 2.65 bits per heavy atom. The quantitative estimate of drug-likeness (QED) is 0.889. The second-order valence-electron chi connectivity index (χ2n) is 5.69. The summed E-state index contributed by atoms with van der Waals surface area (Å²) in [5.74, 6) is -0.852. The van der Waals surface area contributed by atoms with Crippen LogP contribution in [0.4, 0.5) is 0 Å². The Kier molecular flexibility index (Phi) is 5.21. The van der Waals surface area contributed by atoms with Crippen molar-refractivity contribution in [1.29, 1.82) is 0 Å². The molecule has 0 saturated carbocycles. The molecule has 0 aliphatic rings. The number of likely N-dealkylation sites (N-methyl/N-ethyl adjacent to an activating group) is 1. The van der Waals surface area contributed by atoms with Crippen molar-refractivity contribution in [2.24, 2.45) is 5.92 Å². The summed E-state index contributed by atoms with van der Waals surface area (Å²) in [5.41, 5.74) is 0.904. The van der Waals surface area contributed by atoms with Crippen LogP contribution >= 0.6 is 0 Å². The Labute approximate surface area is 135 Å². The highest BCUT2D eigenvalue weighted by Crippen LogP contribution is 2.24. The van der Waals surface area contributed by atoms with E-state index in [1.165, 1.54) is 4.90 Å². The van der Waals surface area contributed by atoms with E-state index in [1.54, 1.807) is 21.1 Å². The molecule has 5 nitrogen and oxygen atoms in total. The van der Waals surface area contributed by atoms with Crippen LogP contribution in [0.1, 0.15) is 12.5 Å². The number of rotatable bonds is 6. The van der Waals surface area contributed by atoms with E-state index in [1.807, 2.05) is 36.4 Å². The van der Waals surface area contributed by atoms with Crippen molar-refractivity contribution >= 4 is 22.6 Å². The Bertz CT molecular complexity index is 726. The fraction of sp³-hybridized carbons (Fsp3) is 0.333. The van der Waals surface area contributed by atoms with Crippen LogP contribution in [0.25, 0.3) is 10.8 Å². The van der Waals surface area contributed by atoms with Crippen molar-refractivity contribution in [2.45, 2.75) is 13.3 Å². The maximum Gasteiger partial charge on any atom is 0.308 e. The molecule has 0 heterocycles. The summed E-state index contributed by atoms with van der Waals surface area (Å²) in [6, 6.07) is 11.6. The Hall–Kier alpha value is -2.56. The number of ether oxygens (including phenoxy) is 1. The average molecular weight is 315 g/mol. The number of amides is 1. The van der Waals surface area contributed by atoms with Gasteiger partial charge >= 0.3 is 5.97 Å². The molecule has 0 spiro atoms. The van der Waals surface area contributed by atoms with E-state index in [2.05, 4.69) is 0 Å². The summed E-state index contributed by atoms with van der Waals surface area (Å²) in [7, 11) is 3.24. The number of benzene rings is 2. The van der Waals surface area contributed by atoms with Crippen molar-refractivity contribution in [3.05, 3.63) is 42.0 Å². The number of carbonyl (C=O) groups is 2. The lowest BCUT2D eigenvalue weighted by atomic mass is 10.0. The number of nitrogens with zero attached hydrogens (tertiary/aromatic N) is 1. The van der Waals surface area contributed by atoms with E-state index in [9.17, 15) is 9.59 Å². The Morgan fingerprint density at radius 2 is 2.00 bits per heavy atom. The van der Waals surface area contributed by atoms with Gasteiger partial charge in [-0.3, -0.25) is 9.59 Å². The van der Waals surface area contributed by atoms with Crippen LogP contribution < -0.4 is 4.74 Å². The summed E-state index contributed by atoms with van der Waals surface area (Å²) >= 11 is 0. The van der Waals surface area contributed by atoms with Crippen molar-refractivity contribution < 1.29 is 19.4 Å². The zero-order chi connectivity index (χ0) is 17.0. The molecule has 0 aliphatic heterocycles. The molecular formula is C18H21NO4. The maximum atomic E-state index is 12.4. The summed E-state index contributed by atoms with van der Waals surface area (Å²) in [5, 5.41) is 11.0. The highest BCUT2D eigenvalue weighted by molar-refractivity contribution is 5.91. The number of methoxy groups -OCH3 is 1. The highest BCUT2D eigenvalue weighted by atomic mass is 16.5. The van der Waals surface area contributed by atoms with E-state index < -0.39 is 11.9 Å². The average Bonchev–Trinajstić information content (AvgIpc) is 2.54. The van der Waals surface area contributed by atoms with Gasteiger partial charge in [-0.15, -0.1) is 0 Å². The molecule has 0 fully saturated rings. The monoisotopic (exact) mass is 315 g/mol. The van der Waals surface area contributed by atoms with Crippen LogP contribution in [0, 0.1) is 5.92 Å². The first-order valence-corrected chi connectivity index (χ1v) is 7.44. The minimum Gasteiger partial charge on any atom is -0.497 e. The van der Waals surface area contributed by atoms with Crippen LogP contribution in [0.2, 0.25) is 0 Å². The van der Waals surface area contributed by atoms with Gasteiger partial charge in [-0.2, -0.15) is 0 Å². The van der Waals surface area contributed by atoms with Gasteiger partial charge in [-0.05, 0) is 28.5 Å². The predicted molar refractivity (Wildman–Crippen MR) is 88.6 cm³/mol. The molecular weight excluding hydrogens is 294 g/mol. The van der Waals surface area contributed by atoms with E-state index in [0.29, 0.717) is 0 Å². The lowest BCUT2D eigenvalue weighted by molar-refractivity contribution is -0.142. The fourth-order valence-corrected chi connectivity index (χ4v) is 2.49. The normalized spacial score (nSPS) is 12.0. The topological polar surface area (TPSA) is 66.8 Å². The van der Waals surface area contributed by atoms with Gasteiger partial charge in [-0.1, -0.05) is 31.2 Å². The molecule has 0 aromatic heterocycles. The van der Waals surface area contributed by atoms with E-state index in [0.717, 1.165) is 22.1 Å². The van der Waals surface area contributed by atoms with Gasteiger partial charge in [0.25, 0.3) is 0 Å². The van der Waals surface area contributed by atoms with Crippen LogP contribution in [0.3, 0.4) is 0 Å². The lowest BCUT2D eigenvalue weighted by Crippen LogP contribution is -2.34. The molecule has 0 bridgehead atoms. The molecule has 1 atom stereocenters. The van der Waals surface area contributed by atoms with Gasteiger partial charge < -0.3 is 14.7 Å². The molecule has 5 heteroatoms. The molecule has 2 aromatic rings. The minimum absolute atomic E-state index is 0.103. The first-order valence-electron chi connectivity index (χ1n) is 7.44. The summed E-state index contributed by atoms with van der Waals surface area (Å²) < 4.78 is 5.25. The number of carboxylic acids is 1. The summed E-state index contributed by atoms with van der Waals surface area (Å²) in [4.78, 5) is 24.7. The molecule has 2 aromatic carbocycles. The summed E-state index contributed by atoms with van der Waals surface area (Å²) in [6.45, 7) is 1.79. The highest BCUT2D eigenvalue weighted by Gasteiger charge is 2.18. The number of aliphatic carboxylic acids is 1. The number of fused-ring (bicyclic) bond motifs is 1. The van der Waals surface area contributed by atoms with Crippen LogP contribution in [-0.4, -0.2) is 42.6 Å². The number of hydrogen-bond donors (Lipinski definition) is 1. The fourth-order valence-electron chi connectivity index (χ4n) is 2.49. The van der Waals surface area contributed by atoms with E-state index in [4.69, 9.17) is 9.84 Å². The van der Waals surface area contributed by atoms with Gasteiger partial charge in [0.05, 0.1) is 19.4 Å². The van der Waals surface area contributed by atoms with Crippen LogP contribution in [0.15, 0.2) is 36.4 Å². The first kappa shape index (κ1) is 16.8. The molecule has 1 N–H and O–H groups in total. The largest absolute Gasteiger partial charge is 0.497 e. The molecule has 23 heavy (non-hydrogen) atoms. The van der Waals surface area contributed by atoms with Gasteiger partial charge in [0, 0.05) is 13.6 Å². The number of carboxylic acid groups (broad SMARTS) is 1. The lowest BCUT2D eigenvalue weighted by Gasteiger charge is -2.20. The third-order valence-corrected chi connectivity index (χ3v) is 3.92. The van der Waals surface area contributed by atoms with Crippen molar-refractivity contribution in [3.63, 3.8) is 0 Å². The van der Waals surface area contributed by atoms with Crippen LogP contribution in [0.5, 0.6) is 5.75 Å². The zero-order valence-corrected chi connectivity index (χ0v) is 13.6. The third-order valence-electron chi connectivity index (χ3n) is 3.92. The van der Waals surface area contributed by atoms with E-state index in [-0.39, 0.29) is 18.9 Å². The van der Waals surface area contributed by atoms with Crippen molar-refractivity contribution in [2.75, 3.05) is 20.7 Å². The minimum atomic E-state index is -0.903. The molecule has 0 aliphatic carbocycles. The zero-order valence-electron chi connectivity index (χ0n) is 13.6. The smallest absolute Gasteiger partial charge is 0.308 e. The SMILES string of the molecule is COc1ccc2cccc(CC(=O)N(C)CC(C)C(=O)O)c2c1. The molecule has 122 valence electrons.